The van der Waals surface area contributed by atoms with Crippen molar-refractivity contribution < 1.29 is 19.4 Å². The summed E-state index contributed by atoms with van der Waals surface area (Å²) in [6.45, 7) is 0. The standard InChI is InChI=1S/C12H15NO4/c1-13-11(6-12(16)17-2)10-4-3-9(15)5-8(10)7-14/h3-5,7,11,13,15H,6H2,1-2H3. The molecule has 0 radical (unpaired) electrons. The molecule has 0 spiro atoms. The largest absolute Gasteiger partial charge is 0.508 e. The van der Waals surface area contributed by atoms with Crippen molar-refractivity contribution >= 4 is 12.3 Å². The SMILES string of the molecule is CNC(CC(=O)OC)c1ccc(O)cc1C=O. The Morgan fingerprint density at radius 2 is 2.29 bits per heavy atom. The second-order valence-corrected chi connectivity index (χ2v) is 3.55. The van der Waals surface area contributed by atoms with E-state index in [4.69, 9.17) is 0 Å². The molecule has 0 aliphatic rings. The first kappa shape index (κ1) is 13.2. The highest BCUT2D eigenvalue weighted by Crippen LogP contribution is 2.23. The predicted molar refractivity (Wildman–Crippen MR) is 61.9 cm³/mol. The summed E-state index contributed by atoms with van der Waals surface area (Å²) in [6, 6.07) is 4.14. The molecule has 1 rings (SSSR count). The van der Waals surface area contributed by atoms with Gasteiger partial charge in [0.15, 0.2) is 6.29 Å². The van der Waals surface area contributed by atoms with E-state index in [0.29, 0.717) is 17.4 Å². The molecule has 0 saturated heterocycles. The number of phenolic OH excluding ortho intramolecular Hbond substituents is 1. The summed E-state index contributed by atoms with van der Waals surface area (Å²) in [6.07, 6.45) is 0.773. The van der Waals surface area contributed by atoms with Crippen LogP contribution < -0.4 is 5.32 Å². The van der Waals surface area contributed by atoms with Crippen LogP contribution in [0.15, 0.2) is 18.2 Å². The second-order valence-electron chi connectivity index (χ2n) is 3.55. The van der Waals surface area contributed by atoms with Gasteiger partial charge in [-0.25, -0.2) is 0 Å². The zero-order chi connectivity index (χ0) is 12.8. The monoisotopic (exact) mass is 237 g/mol. The topological polar surface area (TPSA) is 75.6 Å². The number of methoxy groups -OCH3 is 1. The summed E-state index contributed by atoms with van der Waals surface area (Å²) >= 11 is 0. The lowest BCUT2D eigenvalue weighted by atomic mass is 9.98. The van der Waals surface area contributed by atoms with Gasteiger partial charge in [-0.05, 0) is 24.7 Å². The highest BCUT2D eigenvalue weighted by molar-refractivity contribution is 5.79. The lowest BCUT2D eigenvalue weighted by molar-refractivity contribution is -0.141. The molecule has 0 amide bonds. The summed E-state index contributed by atoms with van der Waals surface area (Å²) in [5.74, 6) is -0.349. The summed E-state index contributed by atoms with van der Waals surface area (Å²) < 4.78 is 4.58. The van der Waals surface area contributed by atoms with Crippen LogP contribution in [0.25, 0.3) is 0 Å². The van der Waals surface area contributed by atoms with Crippen LogP contribution in [-0.2, 0) is 9.53 Å². The van der Waals surface area contributed by atoms with Crippen LogP contribution in [0.5, 0.6) is 5.75 Å². The highest BCUT2D eigenvalue weighted by Gasteiger charge is 2.17. The molecule has 1 atom stereocenters. The van der Waals surface area contributed by atoms with Crippen molar-refractivity contribution in [3.05, 3.63) is 29.3 Å². The molecule has 1 aromatic rings. The Kier molecular flexibility index (Phi) is 4.66. The molecule has 5 heteroatoms. The Bertz CT molecular complexity index is 417. The van der Waals surface area contributed by atoms with Crippen LogP contribution in [0.2, 0.25) is 0 Å². The van der Waals surface area contributed by atoms with Crippen molar-refractivity contribution in [3.63, 3.8) is 0 Å². The maximum absolute atomic E-state index is 11.2. The van der Waals surface area contributed by atoms with Crippen LogP contribution in [-0.4, -0.2) is 31.5 Å². The number of rotatable bonds is 5. The van der Waals surface area contributed by atoms with E-state index in [1.165, 1.54) is 19.2 Å². The molecule has 0 heterocycles. The minimum atomic E-state index is -0.366. The van der Waals surface area contributed by atoms with E-state index in [1.54, 1.807) is 13.1 Å². The minimum absolute atomic E-state index is 0.0174. The third-order valence-corrected chi connectivity index (χ3v) is 2.52. The first-order valence-electron chi connectivity index (χ1n) is 5.14. The molecule has 5 nitrogen and oxygen atoms in total. The number of phenols is 1. The first-order valence-corrected chi connectivity index (χ1v) is 5.14. The van der Waals surface area contributed by atoms with Gasteiger partial charge in [-0.3, -0.25) is 9.59 Å². The van der Waals surface area contributed by atoms with Crippen molar-refractivity contribution in [3.8, 4) is 5.75 Å². The van der Waals surface area contributed by atoms with E-state index < -0.39 is 0 Å². The molecular formula is C12H15NO4. The normalized spacial score (nSPS) is 11.9. The molecular weight excluding hydrogens is 222 g/mol. The van der Waals surface area contributed by atoms with Crippen LogP contribution in [0.1, 0.15) is 28.4 Å². The summed E-state index contributed by atoms with van der Waals surface area (Å²) in [5, 5.41) is 12.2. The van der Waals surface area contributed by atoms with Gasteiger partial charge in [0.05, 0.1) is 13.5 Å². The van der Waals surface area contributed by atoms with Gasteiger partial charge in [-0.2, -0.15) is 0 Å². The number of aromatic hydroxyl groups is 1. The number of benzene rings is 1. The number of hydrogen-bond donors (Lipinski definition) is 2. The Labute approximate surface area is 99.4 Å². The summed E-state index contributed by atoms with van der Waals surface area (Å²) in [5.41, 5.74) is 1.01. The number of carbonyl (C=O) groups excluding carboxylic acids is 2. The summed E-state index contributed by atoms with van der Waals surface area (Å²) in [4.78, 5) is 22.1. The first-order chi connectivity index (χ1) is 8.12. The Balaban J connectivity index is 3.02. The number of esters is 1. The number of ether oxygens (including phenoxy) is 1. The van der Waals surface area contributed by atoms with Crippen LogP contribution >= 0.6 is 0 Å². The lowest BCUT2D eigenvalue weighted by Gasteiger charge is -2.17. The molecule has 1 aromatic carbocycles. The molecule has 0 aliphatic heterocycles. The minimum Gasteiger partial charge on any atom is -0.508 e. The molecule has 0 bridgehead atoms. The molecule has 0 fully saturated rings. The Hall–Kier alpha value is -1.88. The molecule has 0 aliphatic carbocycles. The molecule has 1 unspecified atom stereocenters. The highest BCUT2D eigenvalue weighted by atomic mass is 16.5. The van der Waals surface area contributed by atoms with Crippen molar-refractivity contribution in [2.45, 2.75) is 12.5 Å². The predicted octanol–water partition coefficient (Wildman–Crippen LogP) is 1.03. The maximum Gasteiger partial charge on any atom is 0.307 e. The van der Waals surface area contributed by atoms with E-state index in [-0.39, 0.29) is 24.2 Å². The fourth-order valence-corrected chi connectivity index (χ4v) is 1.60. The third-order valence-electron chi connectivity index (χ3n) is 2.52. The van der Waals surface area contributed by atoms with Crippen LogP contribution in [0, 0.1) is 0 Å². The van der Waals surface area contributed by atoms with Crippen LogP contribution in [0.4, 0.5) is 0 Å². The summed E-state index contributed by atoms with van der Waals surface area (Å²) in [7, 11) is 3.00. The fourth-order valence-electron chi connectivity index (χ4n) is 1.60. The maximum atomic E-state index is 11.2. The van der Waals surface area contributed by atoms with Gasteiger partial charge >= 0.3 is 5.97 Å². The van der Waals surface area contributed by atoms with Crippen molar-refractivity contribution in [1.82, 2.24) is 5.32 Å². The fraction of sp³-hybridized carbons (Fsp3) is 0.333. The average molecular weight is 237 g/mol. The van der Waals surface area contributed by atoms with Gasteiger partial charge in [0.25, 0.3) is 0 Å². The zero-order valence-electron chi connectivity index (χ0n) is 9.77. The number of aldehydes is 1. The lowest BCUT2D eigenvalue weighted by Crippen LogP contribution is -2.21. The molecule has 2 N–H and O–H groups in total. The van der Waals surface area contributed by atoms with Crippen molar-refractivity contribution in [2.75, 3.05) is 14.2 Å². The number of hydrogen-bond acceptors (Lipinski definition) is 5. The Morgan fingerprint density at radius 1 is 1.59 bits per heavy atom. The third kappa shape index (κ3) is 3.29. The molecule has 0 saturated carbocycles. The van der Waals surface area contributed by atoms with E-state index in [2.05, 4.69) is 10.1 Å². The molecule has 92 valence electrons. The van der Waals surface area contributed by atoms with E-state index >= 15 is 0 Å². The number of carbonyl (C=O) groups is 2. The van der Waals surface area contributed by atoms with Gasteiger partial charge in [0, 0.05) is 11.6 Å². The molecule has 17 heavy (non-hydrogen) atoms. The number of nitrogens with one attached hydrogen (secondary N) is 1. The molecule has 0 aromatic heterocycles. The van der Waals surface area contributed by atoms with E-state index in [9.17, 15) is 14.7 Å². The van der Waals surface area contributed by atoms with Gasteiger partial charge in [-0.1, -0.05) is 6.07 Å². The van der Waals surface area contributed by atoms with E-state index in [1.807, 2.05) is 0 Å². The van der Waals surface area contributed by atoms with Gasteiger partial charge in [-0.15, -0.1) is 0 Å². The average Bonchev–Trinajstić information content (AvgIpc) is 2.35. The zero-order valence-corrected chi connectivity index (χ0v) is 9.77. The second kappa shape index (κ2) is 6.00. The van der Waals surface area contributed by atoms with Crippen molar-refractivity contribution in [2.24, 2.45) is 0 Å². The van der Waals surface area contributed by atoms with Gasteiger partial charge < -0.3 is 15.2 Å². The smallest absolute Gasteiger partial charge is 0.307 e. The van der Waals surface area contributed by atoms with Crippen LogP contribution in [0.3, 0.4) is 0 Å². The van der Waals surface area contributed by atoms with Gasteiger partial charge in [0.2, 0.25) is 0 Å². The van der Waals surface area contributed by atoms with Crippen molar-refractivity contribution in [1.29, 1.82) is 0 Å². The quantitative estimate of drug-likeness (QED) is 0.591. The Morgan fingerprint density at radius 3 is 2.82 bits per heavy atom. The van der Waals surface area contributed by atoms with E-state index in [0.717, 1.165) is 0 Å². The van der Waals surface area contributed by atoms with Gasteiger partial charge in [0.1, 0.15) is 5.75 Å².